The molecular formula is C28H29N5O4S. The summed E-state index contributed by atoms with van der Waals surface area (Å²) in [6.07, 6.45) is 0. The maximum absolute atomic E-state index is 12.6. The van der Waals surface area contributed by atoms with Gasteiger partial charge >= 0.3 is 0 Å². The predicted molar refractivity (Wildman–Crippen MR) is 147 cm³/mol. The molecule has 0 saturated carbocycles. The zero-order chi connectivity index (χ0) is 26.9. The van der Waals surface area contributed by atoms with Crippen LogP contribution in [-0.2, 0) is 16.1 Å². The number of methoxy groups -OCH3 is 1. The Hall–Kier alpha value is -4.31. The normalized spacial score (nSPS) is 10.6. The van der Waals surface area contributed by atoms with Gasteiger partial charge in [-0.3, -0.25) is 14.2 Å². The number of aryl methyl sites for hydroxylation is 1. The second kappa shape index (κ2) is 12.8. The van der Waals surface area contributed by atoms with Gasteiger partial charge in [0.05, 0.1) is 25.1 Å². The van der Waals surface area contributed by atoms with Gasteiger partial charge in [-0.1, -0.05) is 42.1 Å². The number of rotatable bonds is 11. The Bertz CT molecular complexity index is 1390. The number of benzene rings is 3. The highest BCUT2D eigenvalue weighted by Crippen LogP contribution is 2.26. The van der Waals surface area contributed by atoms with E-state index in [1.165, 1.54) is 11.8 Å². The van der Waals surface area contributed by atoms with Gasteiger partial charge in [0.25, 0.3) is 5.91 Å². The molecule has 0 bridgehead atoms. The van der Waals surface area contributed by atoms with Gasteiger partial charge in [0.2, 0.25) is 5.91 Å². The summed E-state index contributed by atoms with van der Waals surface area (Å²) in [7, 11) is 1.59. The van der Waals surface area contributed by atoms with Crippen molar-refractivity contribution in [1.82, 2.24) is 20.1 Å². The first-order valence-electron chi connectivity index (χ1n) is 12.0. The molecule has 0 aliphatic heterocycles. The molecule has 4 rings (SSSR count). The number of para-hydroxylation sites is 1. The van der Waals surface area contributed by atoms with Crippen LogP contribution in [0.1, 0.15) is 17.0 Å². The molecule has 1 aromatic heterocycles. The smallest absolute Gasteiger partial charge is 0.258 e. The average molecular weight is 532 g/mol. The Morgan fingerprint density at radius 2 is 1.66 bits per heavy atom. The number of aromatic nitrogens is 3. The van der Waals surface area contributed by atoms with Crippen molar-refractivity contribution in [3.63, 3.8) is 0 Å². The van der Waals surface area contributed by atoms with Gasteiger partial charge in [-0.2, -0.15) is 0 Å². The van der Waals surface area contributed by atoms with E-state index in [0.29, 0.717) is 28.2 Å². The van der Waals surface area contributed by atoms with Gasteiger partial charge in [0.15, 0.2) is 17.6 Å². The molecule has 0 aliphatic rings. The second-order valence-electron chi connectivity index (χ2n) is 8.40. The second-order valence-corrected chi connectivity index (χ2v) is 9.34. The number of anilines is 1. The summed E-state index contributed by atoms with van der Waals surface area (Å²) in [5.41, 5.74) is 3.72. The first-order valence-corrected chi connectivity index (χ1v) is 13.0. The fraction of sp³-hybridized carbons (Fsp3) is 0.214. The molecule has 0 fully saturated rings. The van der Waals surface area contributed by atoms with Gasteiger partial charge < -0.3 is 20.1 Å². The molecule has 38 heavy (non-hydrogen) atoms. The molecule has 0 saturated heterocycles. The molecule has 0 radical (unpaired) electrons. The largest absolute Gasteiger partial charge is 0.497 e. The first kappa shape index (κ1) is 26.7. The topological polar surface area (TPSA) is 107 Å². The van der Waals surface area contributed by atoms with E-state index in [1.54, 1.807) is 43.5 Å². The van der Waals surface area contributed by atoms with Crippen LogP contribution in [0.4, 0.5) is 5.69 Å². The molecular weight excluding hydrogens is 502 g/mol. The minimum absolute atomic E-state index is 0.116. The Balaban J connectivity index is 1.45. The summed E-state index contributed by atoms with van der Waals surface area (Å²) < 4.78 is 12.6. The summed E-state index contributed by atoms with van der Waals surface area (Å²) in [5, 5.41) is 14.9. The third kappa shape index (κ3) is 6.92. The molecule has 0 unspecified atom stereocenters. The lowest BCUT2D eigenvalue weighted by atomic mass is 10.1. The third-order valence-electron chi connectivity index (χ3n) is 5.78. The average Bonchev–Trinajstić information content (AvgIpc) is 3.34. The quantitative estimate of drug-likeness (QED) is 0.278. The number of thioether (sulfide) groups is 1. The van der Waals surface area contributed by atoms with E-state index in [-0.39, 0.29) is 30.7 Å². The van der Waals surface area contributed by atoms with Crippen LogP contribution >= 0.6 is 11.8 Å². The van der Waals surface area contributed by atoms with Gasteiger partial charge in [-0.15, -0.1) is 10.2 Å². The van der Waals surface area contributed by atoms with Crippen LogP contribution in [0.15, 0.2) is 78.0 Å². The Kier molecular flexibility index (Phi) is 8.99. The van der Waals surface area contributed by atoms with Gasteiger partial charge in [-0.05, 0) is 67.4 Å². The Morgan fingerprint density at radius 1 is 0.895 bits per heavy atom. The summed E-state index contributed by atoms with van der Waals surface area (Å²) in [5.74, 6) is 1.55. The number of hydrogen-bond donors (Lipinski definition) is 2. The monoisotopic (exact) mass is 531 g/mol. The zero-order valence-corrected chi connectivity index (χ0v) is 22.2. The lowest BCUT2D eigenvalue weighted by Gasteiger charge is -2.15. The Labute approximate surface area is 225 Å². The highest BCUT2D eigenvalue weighted by molar-refractivity contribution is 7.99. The summed E-state index contributed by atoms with van der Waals surface area (Å²) >= 11 is 1.27. The van der Waals surface area contributed by atoms with Crippen LogP contribution in [0.5, 0.6) is 11.5 Å². The van der Waals surface area contributed by atoms with E-state index < -0.39 is 0 Å². The molecule has 2 amide bonds. The molecule has 1 heterocycles. The van der Waals surface area contributed by atoms with Crippen LogP contribution in [0.2, 0.25) is 0 Å². The fourth-order valence-corrected chi connectivity index (χ4v) is 4.39. The zero-order valence-electron chi connectivity index (χ0n) is 21.4. The van der Waals surface area contributed by atoms with Crippen LogP contribution < -0.4 is 20.1 Å². The highest BCUT2D eigenvalue weighted by atomic mass is 32.2. The molecule has 0 aliphatic carbocycles. The number of nitrogens with zero attached hydrogens (tertiary/aromatic N) is 3. The van der Waals surface area contributed by atoms with Crippen molar-refractivity contribution >= 4 is 29.3 Å². The number of nitrogens with one attached hydrogen (secondary N) is 2. The fourth-order valence-electron chi connectivity index (χ4n) is 3.62. The van der Waals surface area contributed by atoms with Crippen molar-refractivity contribution in [2.45, 2.75) is 25.5 Å². The van der Waals surface area contributed by atoms with E-state index in [2.05, 4.69) is 20.8 Å². The molecule has 9 nitrogen and oxygen atoms in total. The highest BCUT2D eigenvalue weighted by Gasteiger charge is 2.18. The lowest BCUT2D eigenvalue weighted by molar-refractivity contribution is -0.123. The number of carbonyl (C=O) groups is 2. The molecule has 10 heteroatoms. The minimum Gasteiger partial charge on any atom is -0.497 e. The minimum atomic E-state index is -0.280. The van der Waals surface area contributed by atoms with Gasteiger partial charge in [-0.25, -0.2) is 0 Å². The number of carbonyl (C=O) groups excluding carboxylic acids is 2. The maximum atomic E-state index is 12.6. The standard InChI is InChI=1S/C28H29N5O4S/c1-19-8-7-11-24(20(19)2)33-25(16-29-26(34)17-37-23-9-5-4-6-10-23)31-32-28(33)38-18-27(35)30-21-12-14-22(36-3)15-13-21/h4-15H,16-18H2,1-3H3,(H,29,34)(H,30,35). The van der Waals surface area contributed by atoms with Gasteiger partial charge in [0, 0.05) is 5.69 Å². The van der Waals surface area contributed by atoms with Crippen LogP contribution in [-0.4, -0.2) is 46.0 Å². The van der Waals surface area contributed by atoms with E-state index in [4.69, 9.17) is 9.47 Å². The molecule has 2 N–H and O–H groups in total. The van der Waals surface area contributed by atoms with Crippen molar-refractivity contribution in [2.24, 2.45) is 0 Å². The first-order chi connectivity index (χ1) is 18.4. The SMILES string of the molecule is COc1ccc(NC(=O)CSc2nnc(CNC(=O)COc3ccccc3)n2-c2cccc(C)c2C)cc1. The summed E-state index contributed by atoms with van der Waals surface area (Å²) in [6.45, 7) is 4.08. The van der Waals surface area contributed by atoms with E-state index in [1.807, 2.05) is 54.8 Å². The van der Waals surface area contributed by atoms with Crippen molar-refractivity contribution in [3.8, 4) is 17.2 Å². The summed E-state index contributed by atoms with van der Waals surface area (Å²) in [6, 6.07) is 22.2. The molecule has 3 aromatic carbocycles. The van der Waals surface area contributed by atoms with E-state index >= 15 is 0 Å². The van der Waals surface area contributed by atoms with Crippen LogP contribution in [0, 0.1) is 13.8 Å². The number of hydrogen-bond acceptors (Lipinski definition) is 7. The maximum Gasteiger partial charge on any atom is 0.258 e. The lowest BCUT2D eigenvalue weighted by Crippen LogP contribution is -2.29. The van der Waals surface area contributed by atoms with Crippen LogP contribution in [0.25, 0.3) is 5.69 Å². The molecule has 4 aromatic rings. The van der Waals surface area contributed by atoms with Crippen molar-refractivity contribution < 1.29 is 19.1 Å². The molecule has 196 valence electrons. The molecule has 0 spiro atoms. The molecule has 0 atom stereocenters. The van der Waals surface area contributed by atoms with Crippen molar-refractivity contribution in [3.05, 3.63) is 89.7 Å². The van der Waals surface area contributed by atoms with Crippen molar-refractivity contribution in [1.29, 1.82) is 0 Å². The number of amides is 2. The Morgan fingerprint density at radius 3 is 2.39 bits per heavy atom. The van der Waals surface area contributed by atoms with Crippen LogP contribution in [0.3, 0.4) is 0 Å². The van der Waals surface area contributed by atoms with E-state index in [9.17, 15) is 9.59 Å². The third-order valence-corrected chi connectivity index (χ3v) is 6.71. The summed E-state index contributed by atoms with van der Waals surface area (Å²) in [4.78, 5) is 25.1. The van der Waals surface area contributed by atoms with Gasteiger partial charge in [0.1, 0.15) is 11.5 Å². The van der Waals surface area contributed by atoms with Crippen molar-refractivity contribution in [2.75, 3.05) is 24.8 Å². The number of ether oxygens (including phenoxy) is 2. The van der Waals surface area contributed by atoms with E-state index in [0.717, 1.165) is 16.8 Å². The predicted octanol–water partition coefficient (Wildman–Crippen LogP) is 4.32.